The number of rotatable bonds is 6. The second-order valence-corrected chi connectivity index (χ2v) is 8.37. The van der Waals surface area contributed by atoms with Crippen molar-refractivity contribution in [1.82, 2.24) is 4.98 Å². The molecule has 0 saturated carbocycles. The molecular weight excluding hydrogens is 373 g/mol. The predicted molar refractivity (Wildman–Crippen MR) is 124 cm³/mol. The largest absolute Gasteiger partial charge is 0.392 e. The van der Waals surface area contributed by atoms with Gasteiger partial charge in [0.05, 0.1) is 12.3 Å². The van der Waals surface area contributed by atoms with Gasteiger partial charge in [0.2, 0.25) is 0 Å². The van der Waals surface area contributed by atoms with Gasteiger partial charge in [0, 0.05) is 16.8 Å². The Morgan fingerprint density at radius 1 is 0.933 bits per heavy atom. The Bertz CT molecular complexity index is 1050. The van der Waals surface area contributed by atoms with Gasteiger partial charge >= 0.3 is 0 Å². The molecule has 0 aliphatic heterocycles. The van der Waals surface area contributed by atoms with Crippen molar-refractivity contribution in [3.63, 3.8) is 0 Å². The molecule has 2 aromatic carbocycles. The molecule has 1 heterocycles. The van der Waals surface area contributed by atoms with E-state index in [0.717, 1.165) is 39.2 Å². The molecule has 0 fully saturated rings. The molecule has 3 heteroatoms. The van der Waals surface area contributed by atoms with Gasteiger partial charge in [-0.05, 0) is 47.6 Å². The number of pyridine rings is 1. The van der Waals surface area contributed by atoms with Crippen molar-refractivity contribution in [1.29, 1.82) is 0 Å². The summed E-state index contributed by atoms with van der Waals surface area (Å²) in [5, 5.41) is 10.3. The fourth-order valence-corrected chi connectivity index (χ4v) is 3.82. The Labute approximate surface area is 179 Å². The quantitative estimate of drug-likeness (QED) is 0.476. The third-order valence-electron chi connectivity index (χ3n) is 5.27. The summed E-state index contributed by atoms with van der Waals surface area (Å²) < 4.78 is 13.6. The molecule has 156 valence electrons. The first-order valence-electron chi connectivity index (χ1n) is 10.5. The van der Waals surface area contributed by atoms with E-state index in [1.807, 2.05) is 6.07 Å². The van der Waals surface area contributed by atoms with Gasteiger partial charge < -0.3 is 5.11 Å². The topological polar surface area (TPSA) is 33.1 Å². The van der Waals surface area contributed by atoms with Crippen molar-refractivity contribution in [2.75, 3.05) is 0 Å². The van der Waals surface area contributed by atoms with Crippen LogP contribution in [0.3, 0.4) is 0 Å². The van der Waals surface area contributed by atoms with Crippen molar-refractivity contribution in [2.24, 2.45) is 0 Å². The van der Waals surface area contributed by atoms with E-state index < -0.39 is 0 Å². The normalized spacial score (nSPS) is 11.8. The van der Waals surface area contributed by atoms with Crippen molar-refractivity contribution >= 4 is 12.2 Å². The maximum atomic E-state index is 13.6. The Balaban J connectivity index is 2.33. The smallest absolute Gasteiger partial charge is 0.123 e. The highest BCUT2D eigenvalue weighted by molar-refractivity contribution is 5.84. The molecule has 3 rings (SSSR count). The molecule has 1 N–H and O–H groups in total. The molecule has 0 radical (unpaired) electrons. The average Bonchev–Trinajstić information content (AvgIpc) is 2.71. The van der Waals surface area contributed by atoms with Gasteiger partial charge in [-0.2, -0.15) is 0 Å². The number of nitrogens with zero attached hydrogens (tertiary/aromatic N) is 1. The van der Waals surface area contributed by atoms with Gasteiger partial charge in [-0.3, -0.25) is 4.98 Å². The summed E-state index contributed by atoms with van der Waals surface area (Å²) in [5.74, 6) is 0.0913. The maximum absolute atomic E-state index is 13.6. The first kappa shape index (κ1) is 21.9. The summed E-state index contributed by atoms with van der Waals surface area (Å²) in [7, 11) is 0. The molecule has 0 aliphatic carbocycles. The van der Waals surface area contributed by atoms with E-state index >= 15 is 0 Å². The van der Waals surface area contributed by atoms with E-state index in [-0.39, 0.29) is 24.3 Å². The van der Waals surface area contributed by atoms with Crippen molar-refractivity contribution < 1.29 is 9.50 Å². The summed E-state index contributed by atoms with van der Waals surface area (Å²) in [5.41, 5.74) is 7.79. The summed E-state index contributed by atoms with van der Waals surface area (Å²) in [6.07, 6.45) is 4.16. The van der Waals surface area contributed by atoms with Crippen LogP contribution in [0.5, 0.6) is 0 Å². The Morgan fingerprint density at radius 2 is 1.60 bits per heavy atom. The van der Waals surface area contributed by atoms with E-state index in [2.05, 4.69) is 65.0 Å². The van der Waals surface area contributed by atoms with Gasteiger partial charge in [0.25, 0.3) is 0 Å². The van der Waals surface area contributed by atoms with Crippen molar-refractivity contribution in [3.8, 4) is 11.1 Å². The molecule has 1 aromatic heterocycles. The highest BCUT2D eigenvalue weighted by Gasteiger charge is 2.22. The van der Waals surface area contributed by atoms with E-state index in [0.29, 0.717) is 0 Å². The second kappa shape index (κ2) is 9.36. The number of halogens is 1. The average molecular weight is 404 g/mol. The van der Waals surface area contributed by atoms with Crippen LogP contribution in [-0.2, 0) is 6.61 Å². The lowest BCUT2D eigenvalue weighted by atomic mass is 9.87. The highest BCUT2D eigenvalue weighted by atomic mass is 19.1. The molecule has 0 amide bonds. The van der Waals surface area contributed by atoms with Gasteiger partial charge in [-0.25, -0.2) is 4.39 Å². The van der Waals surface area contributed by atoms with Gasteiger partial charge in [0.1, 0.15) is 5.82 Å². The zero-order valence-corrected chi connectivity index (χ0v) is 18.4. The van der Waals surface area contributed by atoms with E-state index in [4.69, 9.17) is 4.98 Å². The monoisotopic (exact) mass is 403 g/mol. The van der Waals surface area contributed by atoms with Gasteiger partial charge in [-0.1, -0.05) is 81.8 Å². The van der Waals surface area contributed by atoms with Gasteiger partial charge in [0.15, 0.2) is 0 Å². The van der Waals surface area contributed by atoms with Crippen LogP contribution >= 0.6 is 0 Å². The fourth-order valence-electron chi connectivity index (χ4n) is 3.82. The van der Waals surface area contributed by atoms with E-state index in [9.17, 15) is 9.50 Å². The van der Waals surface area contributed by atoms with Crippen LogP contribution in [-0.4, -0.2) is 10.1 Å². The van der Waals surface area contributed by atoms with E-state index in [1.165, 1.54) is 17.7 Å². The van der Waals surface area contributed by atoms with Crippen LogP contribution in [0.25, 0.3) is 23.3 Å². The molecule has 0 atom stereocenters. The SMILES string of the molecule is Cc1cccc(C=Cc2c(C(C)C)nc(C(C)C)c(CO)c2-c2ccc(F)cc2)c1. The fraction of sp³-hybridized carbons (Fsp3) is 0.296. The first-order valence-corrected chi connectivity index (χ1v) is 10.5. The number of hydrogen-bond donors (Lipinski definition) is 1. The maximum Gasteiger partial charge on any atom is 0.123 e. The summed E-state index contributed by atoms with van der Waals surface area (Å²) in [6, 6.07) is 14.8. The molecule has 0 aliphatic rings. The molecule has 2 nitrogen and oxygen atoms in total. The first-order chi connectivity index (χ1) is 14.3. The van der Waals surface area contributed by atoms with Crippen LogP contribution in [0, 0.1) is 12.7 Å². The number of aliphatic hydroxyl groups excluding tert-OH is 1. The minimum absolute atomic E-state index is 0.114. The number of aromatic nitrogens is 1. The zero-order chi connectivity index (χ0) is 21.8. The summed E-state index contributed by atoms with van der Waals surface area (Å²) in [4.78, 5) is 4.99. The summed E-state index contributed by atoms with van der Waals surface area (Å²) in [6.45, 7) is 10.4. The minimum atomic E-state index is -0.275. The molecule has 3 aromatic rings. The summed E-state index contributed by atoms with van der Waals surface area (Å²) >= 11 is 0. The molecular formula is C27H30FNO. The van der Waals surface area contributed by atoms with Crippen LogP contribution in [0.2, 0.25) is 0 Å². The van der Waals surface area contributed by atoms with Gasteiger partial charge in [-0.15, -0.1) is 0 Å². The number of aliphatic hydroxyl groups is 1. The molecule has 0 spiro atoms. The van der Waals surface area contributed by atoms with Crippen molar-refractivity contribution in [3.05, 3.63) is 88.0 Å². The lowest BCUT2D eigenvalue weighted by molar-refractivity contribution is 0.280. The Hall–Kier alpha value is -2.78. The minimum Gasteiger partial charge on any atom is -0.392 e. The third kappa shape index (κ3) is 4.68. The van der Waals surface area contributed by atoms with Crippen LogP contribution in [0.1, 0.15) is 73.2 Å². The Kier molecular flexibility index (Phi) is 6.84. The predicted octanol–water partition coefficient (Wildman–Crippen LogP) is 7.11. The number of hydrogen-bond acceptors (Lipinski definition) is 2. The highest BCUT2D eigenvalue weighted by Crippen LogP contribution is 2.37. The second-order valence-electron chi connectivity index (χ2n) is 8.37. The lowest BCUT2D eigenvalue weighted by Crippen LogP contribution is -2.10. The Morgan fingerprint density at radius 3 is 2.17 bits per heavy atom. The molecule has 0 saturated heterocycles. The van der Waals surface area contributed by atoms with E-state index in [1.54, 1.807) is 12.1 Å². The zero-order valence-electron chi connectivity index (χ0n) is 18.4. The number of aryl methyl sites for hydroxylation is 1. The van der Waals surface area contributed by atoms with Crippen LogP contribution in [0.15, 0.2) is 48.5 Å². The lowest BCUT2D eigenvalue weighted by Gasteiger charge is -2.23. The number of benzene rings is 2. The molecule has 0 bridgehead atoms. The van der Waals surface area contributed by atoms with Crippen molar-refractivity contribution in [2.45, 2.75) is 53.1 Å². The molecule has 30 heavy (non-hydrogen) atoms. The third-order valence-corrected chi connectivity index (χ3v) is 5.27. The van der Waals surface area contributed by atoms with Crippen LogP contribution in [0.4, 0.5) is 4.39 Å². The van der Waals surface area contributed by atoms with Crippen LogP contribution < -0.4 is 0 Å². The standard InChI is InChI=1S/C27H30FNO/c1-17(2)26-23(14-9-20-8-6-7-19(5)15-20)25(21-10-12-22(28)13-11-21)24(16-30)27(29-26)18(3)4/h6-15,17-18,30H,16H2,1-5H3. The molecule has 0 unspecified atom stereocenters.